The summed E-state index contributed by atoms with van der Waals surface area (Å²) in [4.78, 5) is 23.6. The molecule has 7 nitrogen and oxygen atoms in total. The molecular formula is C10H15NO6S. The summed E-state index contributed by atoms with van der Waals surface area (Å²) in [7, 11) is -3.62. The van der Waals surface area contributed by atoms with Crippen molar-refractivity contribution in [2.24, 2.45) is 0 Å². The summed E-state index contributed by atoms with van der Waals surface area (Å²) in [6.07, 6.45) is 1.62. The van der Waals surface area contributed by atoms with Gasteiger partial charge in [-0.05, 0) is 0 Å². The predicted molar refractivity (Wildman–Crippen MR) is 62.4 cm³/mol. The molecule has 18 heavy (non-hydrogen) atoms. The van der Waals surface area contributed by atoms with Gasteiger partial charge in [0.2, 0.25) is 0 Å². The number of aldehydes is 1. The van der Waals surface area contributed by atoms with E-state index in [1.165, 1.54) is 6.08 Å². The fourth-order valence-electron chi connectivity index (χ4n) is 1.69. The van der Waals surface area contributed by atoms with Gasteiger partial charge in [0.15, 0.2) is 0 Å². The third-order valence-corrected chi connectivity index (χ3v) is 2.95. The molecule has 2 atom stereocenters. The van der Waals surface area contributed by atoms with Gasteiger partial charge in [0, 0.05) is 6.42 Å². The number of hydrogen-bond donors (Lipinski definition) is 0. The number of carbonyl (C=O) groups is 2. The second-order valence-corrected chi connectivity index (χ2v) is 5.48. The van der Waals surface area contributed by atoms with Crippen LogP contribution in [0.1, 0.15) is 6.42 Å². The van der Waals surface area contributed by atoms with Crippen LogP contribution < -0.4 is 0 Å². The van der Waals surface area contributed by atoms with Crippen molar-refractivity contribution >= 4 is 22.5 Å². The van der Waals surface area contributed by atoms with Gasteiger partial charge in [-0.3, -0.25) is 9.08 Å². The number of nitrogens with zero attached hydrogens (tertiary/aromatic N) is 1. The average Bonchev–Trinajstić information content (AvgIpc) is 2.66. The highest BCUT2D eigenvalue weighted by Crippen LogP contribution is 2.21. The van der Waals surface area contributed by atoms with E-state index in [0.29, 0.717) is 6.29 Å². The molecule has 0 aromatic heterocycles. The van der Waals surface area contributed by atoms with Crippen molar-refractivity contribution in [1.29, 1.82) is 0 Å². The number of likely N-dealkylation sites (tertiary alicyclic amines) is 1. The molecule has 8 heteroatoms. The lowest BCUT2D eigenvalue weighted by atomic mass is 10.2. The Hall–Kier alpha value is -1.41. The van der Waals surface area contributed by atoms with Gasteiger partial charge in [-0.25, -0.2) is 4.79 Å². The van der Waals surface area contributed by atoms with E-state index >= 15 is 0 Å². The second-order valence-electron chi connectivity index (χ2n) is 3.88. The number of amides is 1. The Morgan fingerprint density at radius 1 is 1.56 bits per heavy atom. The van der Waals surface area contributed by atoms with Crippen molar-refractivity contribution in [3.05, 3.63) is 12.7 Å². The summed E-state index contributed by atoms with van der Waals surface area (Å²) in [5, 5.41) is 0. The van der Waals surface area contributed by atoms with Crippen LogP contribution in [0.2, 0.25) is 0 Å². The minimum Gasteiger partial charge on any atom is -0.445 e. The first kappa shape index (κ1) is 14.7. The smallest absolute Gasteiger partial charge is 0.410 e. The molecule has 1 aliphatic heterocycles. The van der Waals surface area contributed by atoms with E-state index in [9.17, 15) is 18.0 Å². The van der Waals surface area contributed by atoms with E-state index in [2.05, 4.69) is 6.58 Å². The number of carbonyl (C=O) groups excluding carboxylic acids is 2. The molecule has 0 radical (unpaired) electrons. The Kier molecular flexibility index (Phi) is 4.85. The van der Waals surface area contributed by atoms with Crippen molar-refractivity contribution in [2.75, 3.05) is 19.4 Å². The topological polar surface area (TPSA) is 90.0 Å². The summed E-state index contributed by atoms with van der Waals surface area (Å²) in [5.41, 5.74) is 0. The Bertz CT molecular complexity index is 432. The van der Waals surface area contributed by atoms with Crippen LogP contribution in [-0.4, -0.2) is 57.3 Å². The van der Waals surface area contributed by atoms with Gasteiger partial charge in [-0.15, -0.1) is 0 Å². The molecule has 0 N–H and O–H groups in total. The van der Waals surface area contributed by atoms with Gasteiger partial charge in [0.25, 0.3) is 10.1 Å². The normalized spacial score (nSPS) is 23.7. The second kappa shape index (κ2) is 5.96. The molecule has 1 amide bonds. The van der Waals surface area contributed by atoms with Crippen LogP contribution in [0, 0.1) is 0 Å². The molecule has 0 aromatic rings. The summed E-state index contributed by atoms with van der Waals surface area (Å²) < 4.78 is 31.5. The molecule has 0 unspecified atom stereocenters. The predicted octanol–water partition coefficient (Wildman–Crippen LogP) is -0.0730. The fraction of sp³-hybridized carbons (Fsp3) is 0.600. The maximum absolute atomic E-state index is 11.6. The zero-order chi connectivity index (χ0) is 13.8. The van der Waals surface area contributed by atoms with E-state index in [4.69, 9.17) is 8.92 Å². The first-order chi connectivity index (χ1) is 8.37. The molecule has 0 saturated carbocycles. The molecule has 0 aliphatic carbocycles. The Morgan fingerprint density at radius 3 is 2.72 bits per heavy atom. The quantitative estimate of drug-likeness (QED) is 0.397. The molecule has 1 saturated heterocycles. The fourth-order valence-corrected chi connectivity index (χ4v) is 2.33. The van der Waals surface area contributed by atoms with Crippen LogP contribution in [0.3, 0.4) is 0 Å². The van der Waals surface area contributed by atoms with Crippen molar-refractivity contribution in [2.45, 2.75) is 18.6 Å². The summed E-state index contributed by atoms with van der Waals surface area (Å²) in [5.74, 6) is 0. The molecule has 1 aliphatic rings. The standard InChI is InChI=1S/C10H15NO6S/c1-3-4-16-10(13)11-6-9(5-8(11)7-12)17-18(2,14)15/h3,7-9H,1,4-6H2,2H3/t8-,9+/m0/s1. The lowest BCUT2D eigenvalue weighted by Gasteiger charge is -2.19. The largest absolute Gasteiger partial charge is 0.445 e. The van der Waals surface area contributed by atoms with E-state index in [1.807, 2.05) is 0 Å². The van der Waals surface area contributed by atoms with Gasteiger partial charge in [0.05, 0.1) is 24.9 Å². The van der Waals surface area contributed by atoms with Gasteiger partial charge >= 0.3 is 6.09 Å². The summed E-state index contributed by atoms with van der Waals surface area (Å²) in [6.45, 7) is 3.43. The van der Waals surface area contributed by atoms with Crippen molar-refractivity contribution < 1.29 is 26.9 Å². The van der Waals surface area contributed by atoms with Gasteiger partial charge in [-0.1, -0.05) is 12.7 Å². The minimum absolute atomic E-state index is 0.00640. The maximum Gasteiger partial charge on any atom is 0.410 e. The first-order valence-electron chi connectivity index (χ1n) is 5.25. The summed E-state index contributed by atoms with van der Waals surface area (Å²) in [6, 6.07) is -0.728. The number of ether oxygens (including phenoxy) is 1. The van der Waals surface area contributed by atoms with E-state index < -0.39 is 28.4 Å². The third-order valence-electron chi connectivity index (χ3n) is 2.33. The Labute approximate surface area is 105 Å². The average molecular weight is 277 g/mol. The zero-order valence-electron chi connectivity index (χ0n) is 9.94. The van der Waals surface area contributed by atoms with Gasteiger partial charge < -0.3 is 9.53 Å². The van der Waals surface area contributed by atoms with Crippen molar-refractivity contribution in [3.63, 3.8) is 0 Å². The summed E-state index contributed by atoms with van der Waals surface area (Å²) >= 11 is 0. The highest BCUT2D eigenvalue weighted by atomic mass is 32.2. The van der Waals surface area contributed by atoms with Crippen LogP contribution in [0.15, 0.2) is 12.7 Å². The highest BCUT2D eigenvalue weighted by Gasteiger charge is 2.38. The highest BCUT2D eigenvalue weighted by molar-refractivity contribution is 7.86. The monoisotopic (exact) mass is 277 g/mol. The molecule has 0 bridgehead atoms. The number of rotatable bonds is 5. The van der Waals surface area contributed by atoms with E-state index in [-0.39, 0.29) is 19.6 Å². The van der Waals surface area contributed by atoms with Crippen molar-refractivity contribution in [1.82, 2.24) is 4.90 Å². The lowest BCUT2D eigenvalue weighted by Crippen LogP contribution is -2.37. The molecule has 1 rings (SSSR count). The minimum atomic E-state index is -3.62. The van der Waals surface area contributed by atoms with Crippen LogP contribution in [0.25, 0.3) is 0 Å². The molecule has 1 fully saturated rings. The lowest BCUT2D eigenvalue weighted by molar-refractivity contribution is -0.111. The molecule has 102 valence electrons. The van der Waals surface area contributed by atoms with Crippen LogP contribution >= 0.6 is 0 Å². The molecule has 0 spiro atoms. The molecular weight excluding hydrogens is 262 g/mol. The zero-order valence-corrected chi connectivity index (χ0v) is 10.8. The van der Waals surface area contributed by atoms with Crippen LogP contribution in [0.4, 0.5) is 4.79 Å². The Morgan fingerprint density at radius 2 is 2.22 bits per heavy atom. The first-order valence-corrected chi connectivity index (χ1v) is 7.07. The van der Waals surface area contributed by atoms with E-state index in [1.54, 1.807) is 0 Å². The number of hydrogen-bond acceptors (Lipinski definition) is 6. The molecule has 1 heterocycles. The van der Waals surface area contributed by atoms with Crippen LogP contribution in [-0.2, 0) is 23.8 Å². The van der Waals surface area contributed by atoms with Gasteiger partial charge in [0.1, 0.15) is 12.9 Å². The third kappa shape index (κ3) is 4.11. The van der Waals surface area contributed by atoms with E-state index in [0.717, 1.165) is 11.2 Å². The van der Waals surface area contributed by atoms with Crippen LogP contribution in [0.5, 0.6) is 0 Å². The maximum atomic E-state index is 11.6. The van der Waals surface area contributed by atoms with Crippen molar-refractivity contribution in [3.8, 4) is 0 Å². The molecule has 0 aromatic carbocycles. The Balaban J connectivity index is 2.66. The van der Waals surface area contributed by atoms with Gasteiger partial charge in [-0.2, -0.15) is 8.42 Å². The SMILES string of the molecule is C=CCOC(=O)N1C[C@H](OS(C)(=O)=O)C[C@H]1C=O.